The fraction of sp³-hybridized carbons (Fsp3) is 0.714. The van der Waals surface area contributed by atoms with Gasteiger partial charge in [0.05, 0.1) is 0 Å². The number of anilines is 2. The Hall–Kier alpha value is -2.38. The van der Waals surface area contributed by atoms with E-state index in [2.05, 4.69) is 26.5 Å². The van der Waals surface area contributed by atoms with Gasteiger partial charge in [0, 0.05) is 57.2 Å². The molecule has 0 bridgehead atoms. The van der Waals surface area contributed by atoms with E-state index in [-0.39, 0.29) is 11.8 Å². The van der Waals surface area contributed by atoms with Crippen LogP contribution in [0.1, 0.15) is 44.3 Å². The lowest BCUT2D eigenvalue weighted by atomic mass is 9.85. The van der Waals surface area contributed by atoms with E-state index in [4.69, 9.17) is 9.97 Å². The normalized spacial score (nSPS) is 32.2. The van der Waals surface area contributed by atoms with Crippen molar-refractivity contribution in [3.63, 3.8) is 0 Å². The standard InChI is InChI=1S/C21H30N6O2/c1-13-22-18(26-8-6-16-14(11-26)2-4-20(28)24-16)10-19(23-13)27-9-7-17-15(12-27)3-5-21(29)25-17/h10,14-17H,2-9,11-12H2,1H3,(H,24,28)(H,25,29). The van der Waals surface area contributed by atoms with Crippen molar-refractivity contribution in [2.24, 2.45) is 11.8 Å². The second kappa shape index (κ2) is 7.46. The lowest BCUT2D eigenvalue weighted by Gasteiger charge is -2.43. The van der Waals surface area contributed by atoms with Crippen LogP contribution < -0.4 is 20.4 Å². The molecule has 8 heteroatoms. The molecular weight excluding hydrogens is 368 g/mol. The van der Waals surface area contributed by atoms with Crippen LogP contribution >= 0.6 is 0 Å². The minimum absolute atomic E-state index is 0.196. The van der Waals surface area contributed by atoms with Crippen LogP contribution in [0.15, 0.2) is 6.07 Å². The quantitative estimate of drug-likeness (QED) is 0.772. The Balaban J connectivity index is 1.31. The molecule has 29 heavy (non-hydrogen) atoms. The van der Waals surface area contributed by atoms with E-state index in [9.17, 15) is 9.59 Å². The molecule has 0 saturated carbocycles. The summed E-state index contributed by atoms with van der Waals surface area (Å²) in [6.07, 6.45) is 5.14. The van der Waals surface area contributed by atoms with Crippen molar-refractivity contribution in [1.29, 1.82) is 0 Å². The number of amides is 2. The van der Waals surface area contributed by atoms with Crippen molar-refractivity contribution in [1.82, 2.24) is 20.6 Å². The van der Waals surface area contributed by atoms with Gasteiger partial charge in [0.2, 0.25) is 11.8 Å². The number of rotatable bonds is 2. The summed E-state index contributed by atoms with van der Waals surface area (Å²) in [7, 11) is 0. The zero-order chi connectivity index (χ0) is 20.0. The predicted octanol–water partition coefficient (Wildman–Crippen LogP) is 0.995. The fourth-order valence-corrected chi connectivity index (χ4v) is 5.50. The first kappa shape index (κ1) is 18.6. The summed E-state index contributed by atoms with van der Waals surface area (Å²) in [6, 6.07) is 2.77. The van der Waals surface area contributed by atoms with Crippen molar-refractivity contribution >= 4 is 23.5 Å². The first-order valence-corrected chi connectivity index (χ1v) is 11.0. The van der Waals surface area contributed by atoms with E-state index in [0.717, 1.165) is 69.3 Å². The molecule has 4 aliphatic rings. The Bertz CT molecular complexity index is 752. The lowest BCUT2D eigenvalue weighted by Crippen LogP contribution is -2.54. The van der Waals surface area contributed by atoms with Gasteiger partial charge in [0.1, 0.15) is 17.5 Å². The molecule has 8 nitrogen and oxygen atoms in total. The molecular formula is C21H30N6O2. The first-order valence-electron chi connectivity index (χ1n) is 11.0. The fourth-order valence-electron chi connectivity index (χ4n) is 5.50. The molecule has 0 aromatic carbocycles. The summed E-state index contributed by atoms with van der Waals surface area (Å²) in [5, 5.41) is 6.32. The largest absolute Gasteiger partial charge is 0.356 e. The van der Waals surface area contributed by atoms with Crippen LogP contribution in [0, 0.1) is 18.8 Å². The molecule has 5 rings (SSSR count). The molecule has 156 valence electrons. The first-order chi connectivity index (χ1) is 14.0. The molecule has 4 aliphatic heterocycles. The Morgan fingerprint density at radius 2 is 1.31 bits per heavy atom. The van der Waals surface area contributed by atoms with Crippen molar-refractivity contribution in [3.8, 4) is 0 Å². The summed E-state index contributed by atoms with van der Waals surface area (Å²) in [4.78, 5) is 37.6. The third kappa shape index (κ3) is 3.76. The summed E-state index contributed by atoms with van der Waals surface area (Å²) >= 11 is 0. The summed E-state index contributed by atoms with van der Waals surface area (Å²) in [6.45, 7) is 5.67. The predicted molar refractivity (Wildman–Crippen MR) is 110 cm³/mol. The number of aryl methyl sites for hydroxylation is 1. The number of carbonyl (C=O) groups excluding carboxylic acids is 2. The Labute approximate surface area is 171 Å². The average Bonchev–Trinajstić information content (AvgIpc) is 2.72. The van der Waals surface area contributed by atoms with Gasteiger partial charge in [0.15, 0.2) is 0 Å². The monoisotopic (exact) mass is 398 g/mol. The van der Waals surface area contributed by atoms with E-state index in [1.165, 1.54) is 0 Å². The average molecular weight is 399 g/mol. The molecule has 4 saturated heterocycles. The number of hydrogen-bond acceptors (Lipinski definition) is 6. The topological polar surface area (TPSA) is 90.5 Å². The minimum Gasteiger partial charge on any atom is -0.356 e. The number of nitrogens with zero attached hydrogens (tertiary/aromatic N) is 4. The second-order valence-corrected chi connectivity index (χ2v) is 9.05. The second-order valence-electron chi connectivity index (χ2n) is 9.05. The van der Waals surface area contributed by atoms with Crippen LogP contribution in [-0.2, 0) is 9.59 Å². The van der Waals surface area contributed by atoms with Gasteiger partial charge in [-0.1, -0.05) is 0 Å². The third-order valence-electron chi connectivity index (χ3n) is 7.10. The number of fused-ring (bicyclic) bond motifs is 2. The highest BCUT2D eigenvalue weighted by molar-refractivity contribution is 5.77. The smallest absolute Gasteiger partial charge is 0.220 e. The molecule has 2 N–H and O–H groups in total. The number of aromatic nitrogens is 2. The van der Waals surface area contributed by atoms with Crippen LogP contribution in [0.5, 0.6) is 0 Å². The lowest BCUT2D eigenvalue weighted by molar-refractivity contribution is -0.125. The molecule has 1 aromatic heterocycles. The summed E-state index contributed by atoms with van der Waals surface area (Å²) in [5.41, 5.74) is 0. The maximum absolute atomic E-state index is 11.7. The summed E-state index contributed by atoms with van der Waals surface area (Å²) < 4.78 is 0. The third-order valence-corrected chi connectivity index (χ3v) is 7.10. The maximum Gasteiger partial charge on any atom is 0.220 e. The van der Waals surface area contributed by atoms with Crippen LogP contribution in [-0.4, -0.2) is 60.0 Å². The van der Waals surface area contributed by atoms with Crippen molar-refractivity contribution in [2.75, 3.05) is 36.0 Å². The van der Waals surface area contributed by atoms with Crippen LogP contribution in [0.3, 0.4) is 0 Å². The Morgan fingerprint density at radius 1 is 0.828 bits per heavy atom. The van der Waals surface area contributed by atoms with E-state index in [1.807, 2.05) is 6.92 Å². The van der Waals surface area contributed by atoms with Crippen LogP contribution in [0.2, 0.25) is 0 Å². The van der Waals surface area contributed by atoms with Crippen LogP contribution in [0.25, 0.3) is 0 Å². The number of hydrogen-bond donors (Lipinski definition) is 2. The molecule has 4 atom stereocenters. The molecule has 0 spiro atoms. The summed E-state index contributed by atoms with van der Waals surface area (Å²) in [5.74, 6) is 4.20. The van der Waals surface area contributed by atoms with Gasteiger partial charge in [-0.15, -0.1) is 0 Å². The van der Waals surface area contributed by atoms with Gasteiger partial charge in [-0.05, 0) is 44.4 Å². The van der Waals surface area contributed by atoms with E-state index < -0.39 is 0 Å². The van der Waals surface area contributed by atoms with Crippen molar-refractivity contribution in [3.05, 3.63) is 11.9 Å². The Morgan fingerprint density at radius 3 is 1.79 bits per heavy atom. The van der Waals surface area contributed by atoms with Crippen molar-refractivity contribution in [2.45, 2.75) is 57.5 Å². The van der Waals surface area contributed by atoms with E-state index in [0.29, 0.717) is 36.8 Å². The molecule has 4 unspecified atom stereocenters. The number of nitrogens with one attached hydrogen (secondary N) is 2. The highest BCUT2D eigenvalue weighted by Gasteiger charge is 2.36. The molecule has 1 aromatic rings. The van der Waals surface area contributed by atoms with Crippen molar-refractivity contribution < 1.29 is 9.59 Å². The Kier molecular flexibility index (Phi) is 4.80. The zero-order valence-electron chi connectivity index (χ0n) is 17.1. The van der Waals surface area contributed by atoms with E-state index in [1.54, 1.807) is 0 Å². The van der Waals surface area contributed by atoms with Gasteiger partial charge in [-0.3, -0.25) is 9.59 Å². The van der Waals surface area contributed by atoms with Gasteiger partial charge in [-0.25, -0.2) is 9.97 Å². The molecule has 0 radical (unpaired) electrons. The number of carbonyl (C=O) groups is 2. The highest BCUT2D eigenvalue weighted by Crippen LogP contribution is 2.32. The van der Waals surface area contributed by atoms with Gasteiger partial charge in [-0.2, -0.15) is 0 Å². The minimum atomic E-state index is 0.196. The molecule has 0 aliphatic carbocycles. The zero-order valence-corrected chi connectivity index (χ0v) is 17.1. The van der Waals surface area contributed by atoms with E-state index >= 15 is 0 Å². The molecule has 4 fully saturated rings. The molecule has 2 amide bonds. The van der Waals surface area contributed by atoms with Gasteiger partial charge >= 0.3 is 0 Å². The highest BCUT2D eigenvalue weighted by atomic mass is 16.2. The van der Waals surface area contributed by atoms with Gasteiger partial charge in [0.25, 0.3) is 0 Å². The van der Waals surface area contributed by atoms with Gasteiger partial charge < -0.3 is 20.4 Å². The van der Waals surface area contributed by atoms with Crippen LogP contribution in [0.4, 0.5) is 11.6 Å². The maximum atomic E-state index is 11.7. The SMILES string of the molecule is Cc1nc(N2CCC3NC(=O)CCC3C2)cc(N2CCC3NC(=O)CCC3C2)n1. The molecule has 5 heterocycles. The number of piperidine rings is 4.